The Morgan fingerprint density at radius 2 is 2.20 bits per heavy atom. The molecule has 0 bridgehead atoms. The first kappa shape index (κ1) is 14.9. The standard InChI is InChI=1S/C13H13BrFNO4/c1-20-7-5-10(13(18)19)16(6-7)12(17)8-3-2-4-9(15)11(8)14/h2-4,7,10H,5-6H2,1H3,(H,18,19). The average molecular weight is 346 g/mol. The summed E-state index contributed by atoms with van der Waals surface area (Å²) in [5.74, 6) is -2.18. The van der Waals surface area contributed by atoms with Gasteiger partial charge in [0.2, 0.25) is 0 Å². The predicted octanol–water partition coefficient (Wildman–Crippen LogP) is 1.90. The van der Waals surface area contributed by atoms with Gasteiger partial charge in [0.15, 0.2) is 0 Å². The van der Waals surface area contributed by atoms with Crippen molar-refractivity contribution in [2.45, 2.75) is 18.6 Å². The molecule has 108 valence electrons. The van der Waals surface area contributed by atoms with Gasteiger partial charge in [0, 0.05) is 20.1 Å². The zero-order valence-corrected chi connectivity index (χ0v) is 12.3. The number of hydrogen-bond donors (Lipinski definition) is 1. The van der Waals surface area contributed by atoms with Crippen molar-refractivity contribution in [3.63, 3.8) is 0 Å². The van der Waals surface area contributed by atoms with Gasteiger partial charge in [0.05, 0.1) is 16.1 Å². The van der Waals surface area contributed by atoms with Crippen molar-refractivity contribution in [2.24, 2.45) is 0 Å². The first-order valence-corrected chi connectivity index (χ1v) is 6.75. The second-order valence-corrected chi connectivity index (χ2v) is 5.30. The molecular weight excluding hydrogens is 333 g/mol. The Bertz CT molecular complexity index is 551. The maximum atomic E-state index is 13.5. The van der Waals surface area contributed by atoms with Crippen LogP contribution in [0.4, 0.5) is 4.39 Å². The van der Waals surface area contributed by atoms with Crippen LogP contribution in [0.5, 0.6) is 0 Å². The fourth-order valence-electron chi connectivity index (χ4n) is 2.25. The normalized spacial score (nSPS) is 22.1. The lowest BCUT2D eigenvalue weighted by atomic mass is 10.1. The monoisotopic (exact) mass is 345 g/mol. The van der Waals surface area contributed by atoms with Gasteiger partial charge in [-0.05, 0) is 28.1 Å². The minimum absolute atomic E-state index is 0.0370. The van der Waals surface area contributed by atoms with Crippen LogP contribution < -0.4 is 0 Å². The summed E-state index contributed by atoms with van der Waals surface area (Å²) in [6.45, 7) is 0.176. The highest BCUT2D eigenvalue weighted by Crippen LogP contribution is 2.27. The van der Waals surface area contributed by atoms with Crippen LogP contribution in [-0.2, 0) is 9.53 Å². The van der Waals surface area contributed by atoms with Gasteiger partial charge in [-0.25, -0.2) is 9.18 Å². The molecule has 0 radical (unpaired) electrons. The Hall–Kier alpha value is -1.47. The van der Waals surface area contributed by atoms with E-state index in [0.717, 1.165) is 0 Å². The molecule has 1 aromatic rings. The number of rotatable bonds is 3. The van der Waals surface area contributed by atoms with E-state index in [1.165, 1.54) is 30.2 Å². The molecule has 0 aliphatic carbocycles. The lowest BCUT2D eigenvalue weighted by Gasteiger charge is -2.21. The number of methoxy groups -OCH3 is 1. The summed E-state index contributed by atoms with van der Waals surface area (Å²) in [4.78, 5) is 24.8. The van der Waals surface area contributed by atoms with Crippen LogP contribution in [0.3, 0.4) is 0 Å². The highest BCUT2D eigenvalue weighted by atomic mass is 79.9. The van der Waals surface area contributed by atoms with Crippen molar-refractivity contribution in [1.82, 2.24) is 4.90 Å². The van der Waals surface area contributed by atoms with Crippen molar-refractivity contribution in [2.75, 3.05) is 13.7 Å². The maximum Gasteiger partial charge on any atom is 0.326 e. The zero-order chi connectivity index (χ0) is 14.9. The van der Waals surface area contributed by atoms with Gasteiger partial charge in [-0.2, -0.15) is 0 Å². The molecule has 2 atom stereocenters. The molecule has 1 aliphatic rings. The van der Waals surface area contributed by atoms with E-state index < -0.39 is 23.7 Å². The summed E-state index contributed by atoms with van der Waals surface area (Å²) in [7, 11) is 1.47. The molecular formula is C13H13BrFNO4. The smallest absolute Gasteiger partial charge is 0.326 e. The predicted molar refractivity (Wildman–Crippen MR) is 72.0 cm³/mol. The van der Waals surface area contributed by atoms with Crippen LogP contribution in [0.2, 0.25) is 0 Å². The molecule has 0 saturated carbocycles. The Kier molecular flexibility index (Phi) is 4.39. The second-order valence-electron chi connectivity index (χ2n) is 4.51. The minimum Gasteiger partial charge on any atom is -0.480 e. The van der Waals surface area contributed by atoms with Crippen LogP contribution in [0.1, 0.15) is 16.8 Å². The van der Waals surface area contributed by atoms with Gasteiger partial charge in [0.1, 0.15) is 11.9 Å². The van der Waals surface area contributed by atoms with Crippen molar-refractivity contribution in [1.29, 1.82) is 0 Å². The van der Waals surface area contributed by atoms with Crippen molar-refractivity contribution < 1.29 is 23.8 Å². The summed E-state index contributed by atoms with van der Waals surface area (Å²) in [5, 5.41) is 9.18. The highest BCUT2D eigenvalue weighted by molar-refractivity contribution is 9.10. The lowest BCUT2D eigenvalue weighted by molar-refractivity contribution is -0.141. The number of likely N-dealkylation sites (tertiary alicyclic amines) is 1. The van der Waals surface area contributed by atoms with E-state index in [0.29, 0.717) is 0 Å². The first-order valence-electron chi connectivity index (χ1n) is 5.96. The first-order chi connectivity index (χ1) is 9.45. The molecule has 1 heterocycles. The van der Waals surface area contributed by atoms with E-state index in [1.807, 2.05) is 0 Å². The van der Waals surface area contributed by atoms with Crippen molar-refractivity contribution in [3.8, 4) is 0 Å². The number of aliphatic carboxylic acids is 1. The number of halogens is 2. The minimum atomic E-state index is -1.09. The topological polar surface area (TPSA) is 66.8 Å². The highest BCUT2D eigenvalue weighted by Gasteiger charge is 2.40. The van der Waals surface area contributed by atoms with Gasteiger partial charge in [-0.15, -0.1) is 0 Å². The van der Waals surface area contributed by atoms with Crippen LogP contribution in [0, 0.1) is 5.82 Å². The van der Waals surface area contributed by atoms with Gasteiger partial charge >= 0.3 is 5.97 Å². The van der Waals surface area contributed by atoms with Crippen LogP contribution in [-0.4, -0.2) is 47.7 Å². The number of ether oxygens (including phenoxy) is 1. The van der Waals surface area contributed by atoms with E-state index in [2.05, 4.69) is 15.9 Å². The van der Waals surface area contributed by atoms with Gasteiger partial charge in [0.25, 0.3) is 5.91 Å². The van der Waals surface area contributed by atoms with E-state index in [1.54, 1.807) is 0 Å². The molecule has 2 rings (SSSR count). The number of benzene rings is 1. The molecule has 1 saturated heterocycles. The third-order valence-corrected chi connectivity index (χ3v) is 4.13. The van der Waals surface area contributed by atoms with E-state index in [9.17, 15) is 19.1 Å². The number of carboxylic acid groups (broad SMARTS) is 1. The van der Waals surface area contributed by atoms with Crippen LogP contribution in [0.25, 0.3) is 0 Å². The van der Waals surface area contributed by atoms with Crippen molar-refractivity contribution >= 4 is 27.8 Å². The summed E-state index contributed by atoms with van der Waals surface area (Å²) in [5.41, 5.74) is 0.105. The summed E-state index contributed by atoms with van der Waals surface area (Å²) in [6, 6.07) is 3.13. The van der Waals surface area contributed by atoms with Gasteiger partial charge in [-0.3, -0.25) is 4.79 Å². The lowest BCUT2D eigenvalue weighted by Crippen LogP contribution is -2.40. The van der Waals surface area contributed by atoms with Crippen molar-refractivity contribution in [3.05, 3.63) is 34.1 Å². The van der Waals surface area contributed by atoms with Gasteiger partial charge in [-0.1, -0.05) is 6.07 Å². The molecule has 1 N–H and O–H groups in total. The number of hydrogen-bond acceptors (Lipinski definition) is 3. The Balaban J connectivity index is 2.31. The summed E-state index contributed by atoms with van der Waals surface area (Å²) < 4.78 is 18.6. The molecule has 1 fully saturated rings. The fourth-order valence-corrected chi connectivity index (χ4v) is 2.68. The molecule has 7 heteroatoms. The third-order valence-electron chi connectivity index (χ3n) is 3.32. The third kappa shape index (κ3) is 2.69. The number of carbonyl (C=O) groups is 2. The summed E-state index contributed by atoms with van der Waals surface area (Å²) in [6.07, 6.45) is -0.0998. The number of nitrogens with zero attached hydrogens (tertiary/aromatic N) is 1. The fraction of sp³-hybridized carbons (Fsp3) is 0.385. The number of carbonyl (C=O) groups excluding carboxylic acids is 1. The zero-order valence-electron chi connectivity index (χ0n) is 10.7. The second kappa shape index (κ2) is 5.88. The van der Waals surface area contributed by atoms with E-state index >= 15 is 0 Å². The molecule has 1 aromatic carbocycles. The maximum absolute atomic E-state index is 13.5. The summed E-state index contributed by atoms with van der Waals surface area (Å²) >= 11 is 3.02. The van der Waals surface area contributed by atoms with Crippen LogP contribution >= 0.6 is 15.9 Å². The molecule has 0 spiro atoms. The number of carboxylic acids is 1. The molecule has 5 nitrogen and oxygen atoms in total. The quantitative estimate of drug-likeness (QED) is 0.908. The SMILES string of the molecule is COC1CC(C(=O)O)N(C(=O)c2cccc(F)c2Br)C1. The largest absolute Gasteiger partial charge is 0.480 e. The average Bonchev–Trinajstić information content (AvgIpc) is 2.85. The van der Waals surface area contributed by atoms with Gasteiger partial charge < -0.3 is 14.7 Å². The Morgan fingerprint density at radius 1 is 1.50 bits per heavy atom. The molecule has 2 unspecified atom stereocenters. The Morgan fingerprint density at radius 3 is 2.80 bits per heavy atom. The molecule has 1 amide bonds. The Labute approximate surface area is 123 Å². The van der Waals surface area contributed by atoms with E-state index in [-0.39, 0.29) is 29.1 Å². The molecule has 1 aliphatic heterocycles. The number of amides is 1. The van der Waals surface area contributed by atoms with E-state index in [4.69, 9.17) is 4.74 Å². The molecule has 0 aromatic heterocycles. The molecule has 20 heavy (non-hydrogen) atoms. The van der Waals surface area contributed by atoms with Crippen LogP contribution in [0.15, 0.2) is 22.7 Å².